The van der Waals surface area contributed by atoms with Crippen LogP contribution in [0.1, 0.15) is 37.1 Å². The number of rotatable bonds is 7. The Morgan fingerprint density at radius 3 is 2.60 bits per heavy atom. The van der Waals surface area contributed by atoms with E-state index in [0.717, 1.165) is 36.4 Å². The number of quaternary nitrogens is 1. The van der Waals surface area contributed by atoms with Crippen molar-refractivity contribution in [1.29, 1.82) is 0 Å². The fraction of sp³-hybridized carbons (Fsp3) is 0.320. The molecule has 1 aliphatic heterocycles. The van der Waals surface area contributed by atoms with E-state index >= 15 is 0 Å². The normalized spacial score (nSPS) is 19.4. The highest BCUT2D eigenvalue weighted by molar-refractivity contribution is 5.93. The maximum Gasteiger partial charge on any atom is 0.282 e. The van der Waals surface area contributed by atoms with Crippen molar-refractivity contribution in [3.05, 3.63) is 84.2 Å². The van der Waals surface area contributed by atoms with Crippen LogP contribution in [0.4, 0.5) is 5.69 Å². The lowest BCUT2D eigenvalue weighted by molar-refractivity contribution is -0.932. The summed E-state index contributed by atoms with van der Waals surface area (Å²) in [5.74, 6) is 0.850. The van der Waals surface area contributed by atoms with Gasteiger partial charge in [0.05, 0.1) is 12.2 Å². The third-order valence-corrected chi connectivity index (χ3v) is 6.07. The molecular weight excluding hydrogens is 374 g/mol. The zero-order valence-electron chi connectivity index (χ0n) is 17.7. The lowest BCUT2D eigenvalue weighted by Gasteiger charge is -2.27. The minimum Gasteiger partial charge on any atom is -0.489 e. The molecule has 4 rings (SSSR count). The SMILES string of the molecule is C[C@@H](C(=O)Nc1ccc(OCc2ccccc2)cc1)[NH+]1CCC[C@@H]1c1cccn1C. The first-order valence-corrected chi connectivity index (χ1v) is 10.7. The van der Waals surface area contributed by atoms with E-state index in [9.17, 15) is 4.79 Å². The quantitative estimate of drug-likeness (QED) is 0.634. The molecule has 30 heavy (non-hydrogen) atoms. The third kappa shape index (κ3) is 4.57. The molecule has 1 amide bonds. The smallest absolute Gasteiger partial charge is 0.282 e. The molecule has 156 valence electrons. The molecule has 3 aromatic rings. The van der Waals surface area contributed by atoms with E-state index in [2.05, 4.69) is 35.3 Å². The number of anilines is 1. The molecule has 2 heterocycles. The summed E-state index contributed by atoms with van der Waals surface area (Å²) in [4.78, 5) is 14.3. The Morgan fingerprint density at radius 2 is 1.90 bits per heavy atom. The molecule has 0 saturated carbocycles. The monoisotopic (exact) mass is 404 g/mol. The number of carbonyl (C=O) groups is 1. The number of nitrogens with zero attached hydrogens (tertiary/aromatic N) is 1. The summed E-state index contributed by atoms with van der Waals surface area (Å²) in [7, 11) is 2.08. The second-order valence-electron chi connectivity index (χ2n) is 8.07. The van der Waals surface area contributed by atoms with Crippen molar-refractivity contribution in [3.63, 3.8) is 0 Å². The molecule has 1 aromatic heterocycles. The molecule has 2 aromatic carbocycles. The third-order valence-electron chi connectivity index (χ3n) is 6.07. The van der Waals surface area contributed by atoms with Gasteiger partial charge in [-0.2, -0.15) is 0 Å². The summed E-state index contributed by atoms with van der Waals surface area (Å²) >= 11 is 0. The summed E-state index contributed by atoms with van der Waals surface area (Å²) in [5, 5.41) is 3.08. The second-order valence-corrected chi connectivity index (χ2v) is 8.07. The predicted molar refractivity (Wildman–Crippen MR) is 119 cm³/mol. The van der Waals surface area contributed by atoms with E-state index in [-0.39, 0.29) is 11.9 Å². The first kappa shape index (κ1) is 20.2. The number of aryl methyl sites for hydroxylation is 1. The van der Waals surface area contributed by atoms with Crippen LogP contribution < -0.4 is 15.0 Å². The number of hydrogen-bond donors (Lipinski definition) is 2. The first-order valence-electron chi connectivity index (χ1n) is 10.7. The zero-order valence-corrected chi connectivity index (χ0v) is 17.7. The van der Waals surface area contributed by atoms with Crippen molar-refractivity contribution in [3.8, 4) is 5.75 Å². The number of carbonyl (C=O) groups excluding carboxylic acids is 1. The second kappa shape index (κ2) is 9.18. The van der Waals surface area contributed by atoms with Crippen molar-refractivity contribution in [2.24, 2.45) is 7.05 Å². The summed E-state index contributed by atoms with van der Waals surface area (Å²) in [6.45, 7) is 3.59. The van der Waals surface area contributed by atoms with E-state index in [1.807, 2.05) is 61.5 Å². The van der Waals surface area contributed by atoms with Crippen LogP contribution >= 0.6 is 0 Å². The highest BCUT2D eigenvalue weighted by Gasteiger charge is 2.38. The number of likely N-dealkylation sites (tertiary alicyclic amines) is 1. The van der Waals surface area contributed by atoms with Crippen molar-refractivity contribution in [1.82, 2.24) is 4.57 Å². The number of hydrogen-bond acceptors (Lipinski definition) is 2. The van der Waals surface area contributed by atoms with Crippen LogP contribution in [0.25, 0.3) is 0 Å². The molecule has 0 radical (unpaired) electrons. The highest BCUT2D eigenvalue weighted by Crippen LogP contribution is 2.21. The zero-order chi connectivity index (χ0) is 20.9. The molecule has 0 aliphatic carbocycles. The first-order chi connectivity index (χ1) is 14.6. The van der Waals surface area contributed by atoms with E-state index in [1.54, 1.807) is 0 Å². The van der Waals surface area contributed by atoms with Gasteiger partial charge >= 0.3 is 0 Å². The Balaban J connectivity index is 1.34. The number of amides is 1. The summed E-state index contributed by atoms with van der Waals surface area (Å²) in [6.07, 6.45) is 4.35. The van der Waals surface area contributed by atoms with Crippen LogP contribution in [0.3, 0.4) is 0 Å². The molecule has 0 bridgehead atoms. The minimum atomic E-state index is -0.110. The summed E-state index contributed by atoms with van der Waals surface area (Å²) in [5.41, 5.74) is 3.24. The average Bonchev–Trinajstić information content (AvgIpc) is 3.42. The van der Waals surface area contributed by atoms with Gasteiger partial charge in [-0.05, 0) is 48.9 Å². The van der Waals surface area contributed by atoms with Gasteiger partial charge in [0.1, 0.15) is 18.4 Å². The van der Waals surface area contributed by atoms with E-state index in [4.69, 9.17) is 4.74 Å². The Hall–Kier alpha value is -3.05. The van der Waals surface area contributed by atoms with Gasteiger partial charge in [0, 0.05) is 31.8 Å². The van der Waals surface area contributed by atoms with Crippen LogP contribution in [0.2, 0.25) is 0 Å². The molecule has 0 spiro atoms. The number of ether oxygens (including phenoxy) is 1. The molecule has 1 saturated heterocycles. The average molecular weight is 405 g/mol. The van der Waals surface area contributed by atoms with E-state index in [1.165, 1.54) is 10.6 Å². The highest BCUT2D eigenvalue weighted by atomic mass is 16.5. The molecule has 5 nitrogen and oxygen atoms in total. The van der Waals surface area contributed by atoms with Crippen LogP contribution in [0, 0.1) is 0 Å². The van der Waals surface area contributed by atoms with Gasteiger partial charge in [-0.25, -0.2) is 0 Å². The van der Waals surface area contributed by atoms with Gasteiger partial charge in [0.2, 0.25) is 0 Å². The maximum absolute atomic E-state index is 12.9. The van der Waals surface area contributed by atoms with Gasteiger partial charge in [-0.1, -0.05) is 30.3 Å². The van der Waals surface area contributed by atoms with Crippen molar-refractivity contribution in [2.45, 2.75) is 38.5 Å². The van der Waals surface area contributed by atoms with E-state index in [0.29, 0.717) is 12.6 Å². The predicted octanol–water partition coefficient (Wildman–Crippen LogP) is 3.35. The Labute approximate surface area is 178 Å². The largest absolute Gasteiger partial charge is 0.489 e. The summed E-state index contributed by atoms with van der Waals surface area (Å²) < 4.78 is 8.00. The number of aromatic nitrogens is 1. The molecule has 1 unspecified atom stereocenters. The number of benzene rings is 2. The Kier molecular flexibility index (Phi) is 6.19. The van der Waals surface area contributed by atoms with Gasteiger partial charge < -0.3 is 19.5 Å². The molecule has 3 atom stereocenters. The lowest BCUT2D eigenvalue weighted by Crippen LogP contribution is -3.15. The standard InChI is InChI=1S/C25H29N3O2/c1-19(28-17-7-11-24(28)23-10-6-16-27(23)2)25(29)26-21-12-14-22(15-13-21)30-18-20-8-4-3-5-9-20/h3-6,8-10,12-16,19,24H,7,11,17-18H2,1-2H3,(H,26,29)/p+1/t19-,24+/m0/s1. The molecule has 1 fully saturated rings. The van der Waals surface area contributed by atoms with Gasteiger partial charge in [0.15, 0.2) is 6.04 Å². The Bertz CT molecular complexity index is 966. The fourth-order valence-electron chi connectivity index (χ4n) is 4.36. The molecule has 1 aliphatic rings. The van der Waals surface area contributed by atoms with Gasteiger partial charge in [-0.3, -0.25) is 4.79 Å². The van der Waals surface area contributed by atoms with Crippen molar-refractivity contribution < 1.29 is 14.4 Å². The fourth-order valence-corrected chi connectivity index (χ4v) is 4.36. The molecule has 2 N–H and O–H groups in total. The topological polar surface area (TPSA) is 47.7 Å². The Morgan fingerprint density at radius 1 is 1.13 bits per heavy atom. The van der Waals surface area contributed by atoms with Gasteiger partial charge in [0.25, 0.3) is 5.91 Å². The lowest BCUT2D eigenvalue weighted by atomic mass is 10.1. The van der Waals surface area contributed by atoms with Gasteiger partial charge in [-0.15, -0.1) is 0 Å². The molecule has 5 heteroatoms. The van der Waals surface area contributed by atoms with Crippen LogP contribution in [-0.2, 0) is 18.4 Å². The van der Waals surface area contributed by atoms with E-state index < -0.39 is 0 Å². The maximum atomic E-state index is 12.9. The van der Waals surface area contributed by atoms with Crippen LogP contribution in [-0.4, -0.2) is 23.1 Å². The van der Waals surface area contributed by atoms with Crippen molar-refractivity contribution >= 4 is 11.6 Å². The van der Waals surface area contributed by atoms with Crippen molar-refractivity contribution in [2.75, 3.05) is 11.9 Å². The summed E-state index contributed by atoms with van der Waals surface area (Å²) in [6, 6.07) is 22.2. The van der Waals surface area contributed by atoms with Crippen LogP contribution in [0.5, 0.6) is 5.75 Å². The van der Waals surface area contributed by atoms with Crippen LogP contribution in [0.15, 0.2) is 72.9 Å². The molecular formula is C25H30N3O2+. The minimum absolute atomic E-state index is 0.0593. The number of nitrogens with one attached hydrogen (secondary N) is 2.